The molecule has 7 atom stereocenters. The molecule has 0 aliphatic heterocycles. The largest absolute Gasteiger partial charge is 0.392 e. The minimum absolute atomic E-state index is 0.0904. The van der Waals surface area contributed by atoms with Crippen LogP contribution in [0.2, 0.25) is 0 Å². The number of fused-ring (bicyclic) bond motifs is 5. The van der Waals surface area contributed by atoms with E-state index < -0.39 is 0 Å². The molecule has 0 heterocycles. The Morgan fingerprint density at radius 1 is 1.19 bits per heavy atom. The SMILES string of the molecule is CCSSC12CC[C@]3(C)[C@@H](O)[C@H](C)C[C@H]3[C@@H]1CCC1=CC(=O)CC[C@@]12C. The van der Waals surface area contributed by atoms with Crippen LogP contribution in [-0.2, 0) is 4.79 Å². The molecule has 0 aromatic rings. The molecule has 3 saturated carbocycles. The molecule has 0 aromatic heterocycles. The van der Waals surface area contributed by atoms with E-state index in [4.69, 9.17) is 0 Å². The molecule has 3 fully saturated rings. The van der Waals surface area contributed by atoms with Gasteiger partial charge in [0.05, 0.1) is 6.10 Å². The summed E-state index contributed by atoms with van der Waals surface area (Å²) >= 11 is 0. The Hall–Kier alpha value is 0.0700. The molecule has 2 nitrogen and oxygen atoms in total. The molecule has 4 rings (SSSR count). The summed E-state index contributed by atoms with van der Waals surface area (Å²) in [6, 6.07) is 0. The predicted molar refractivity (Wildman–Crippen MR) is 112 cm³/mol. The molecule has 26 heavy (non-hydrogen) atoms. The molecule has 0 radical (unpaired) electrons. The molecule has 1 N–H and O–H groups in total. The van der Waals surface area contributed by atoms with Gasteiger partial charge in [-0.1, -0.05) is 54.9 Å². The van der Waals surface area contributed by atoms with Crippen LogP contribution < -0.4 is 0 Å². The van der Waals surface area contributed by atoms with Crippen LogP contribution in [0.3, 0.4) is 0 Å². The van der Waals surface area contributed by atoms with Gasteiger partial charge < -0.3 is 5.11 Å². The topological polar surface area (TPSA) is 37.3 Å². The summed E-state index contributed by atoms with van der Waals surface area (Å²) in [7, 11) is 4.17. The zero-order valence-corrected chi connectivity index (χ0v) is 18.3. The number of aliphatic hydroxyl groups is 1. The van der Waals surface area contributed by atoms with E-state index in [-0.39, 0.29) is 21.7 Å². The molecule has 4 aliphatic rings. The first-order valence-corrected chi connectivity index (χ1v) is 12.8. The second-order valence-electron chi connectivity index (χ2n) is 9.76. The number of hydrogen-bond acceptors (Lipinski definition) is 4. The lowest BCUT2D eigenvalue weighted by Gasteiger charge is -2.64. The normalized spacial score (nSPS) is 50.7. The Kier molecular flexibility index (Phi) is 4.89. The van der Waals surface area contributed by atoms with Crippen LogP contribution in [0.5, 0.6) is 0 Å². The van der Waals surface area contributed by atoms with Crippen molar-refractivity contribution >= 4 is 27.4 Å². The Bertz CT molecular complexity index is 632. The second-order valence-corrected chi connectivity index (χ2v) is 12.7. The maximum Gasteiger partial charge on any atom is 0.155 e. The number of hydrogen-bond donors (Lipinski definition) is 1. The quantitative estimate of drug-likeness (QED) is 0.628. The third-order valence-corrected chi connectivity index (χ3v) is 12.3. The molecule has 0 amide bonds. The Labute approximate surface area is 166 Å². The van der Waals surface area contributed by atoms with Gasteiger partial charge in [-0.25, -0.2) is 0 Å². The van der Waals surface area contributed by atoms with E-state index in [0.29, 0.717) is 30.0 Å². The van der Waals surface area contributed by atoms with Crippen LogP contribution in [0.25, 0.3) is 0 Å². The van der Waals surface area contributed by atoms with Crippen molar-refractivity contribution in [2.24, 2.45) is 28.6 Å². The molecular formula is C22H34O2S2. The Morgan fingerprint density at radius 2 is 1.96 bits per heavy atom. The van der Waals surface area contributed by atoms with E-state index in [0.717, 1.165) is 25.0 Å². The average Bonchev–Trinajstić information content (AvgIpc) is 2.85. The first-order valence-electron chi connectivity index (χ1n) is 10.5. The maximum absolute atomic E-state index is 12.1. The Morgan fingerprint density at radius 3 is 2.69 bits per heavy atom. The zero-order chi connectivity index (χ0) is 18.7. The highest BCUT2D eigenvalue weighted by Gasteiger charge is 2.67. The summed E-state index contributed by atoms with van der Waals surface area (Å²) in [6.45, 7) is 9.34. The standard InChI is InChI=1S/C22H34O2S2/c1-5-25-26-22-11-10-20(3)18(12-14(2)19(20)24)17(22)7-6-15-13-16(23)8-9-21(15,22)4/h13-14,17-19,24H,5-12H2,1-4H3/t14-,17+,18+,19+,20+,21+,22?/m1/s1. The predicted octanol–water partition coefficient (Wildman–Crippen LogP) is 5.65. The third-order valence-electron chi connectivity index (χ3n) is 8.71. The van der Waals surface area contributed by atoms with Crippen molar-refractivity contribution in [1.29, 1.82) is 0 Å². The number of ketones is 1. The van der Waals surface area contributed by atoms with E-state index in [1.807, 2.05) is 16.9 Å². The maximum atomic E-state index is 12.1. The summed E-state index contributed by atoms with van der Waals surface area (Å²) in [5.41, 5.74) is 1.67. The van der Waals surface area contributed by atoms with Gasteiger partial charge in [0, 0.05) is 22.3 Å². The van der Waals surface area contributed by atoms with E-state index in [1.54, 1.807) is 0 Å². The van der Waals surface area contributed by atoms with E-state index in [1.165, 1.54) is 24.8 Å². The van der Waals surface area contributed by atoms with Crippen molar-refractivity contribution in [2.45, 2.75) is 83.5 Å². The lowest BCUT2D eigenvalue weighted by atomic mass is 9.47. The lowest BCUT2D eigenvalue weighted by molar-refractivity contribution is -0.117. The summed E-state index contributed by atoms with van der Waals surface area (Å²) < 4.78 is 0.229. The molecule has 4 heteroatoms. The van der Waals surface area contributed by atoms with Gasteiger partial charge in [0.25, 0.3) is 0 Å². The monoisotopic (exact) mass is 394 g/mol. The lowest BCUT2D eigenvalue weighted by Crippen LogP contribution is -2.61. The molecular weight excluding hydrogens is 360 g/mol. The molecule has 1 unspecified atom stereocenters. The van der Waals surface area contributed by atoms with Crippen molar-refractivity contribution in [3.63, 3.8) is 0 Å². The van der Waals surface area contributed by atoms with Crippen LogP contribution >= 0.6 is 21.6 Å². The summed E-state index contributed by atoms with van der Waals surface area (Å²) in [4.78, 5) is 12.1. The highest BCUT2D eigenvalue weighted by atomic mass is 33.1. The third kappa shape index (κ3) is 2.47. The summed E-state index contributed by atoms with van der Waals surface area (Å²) in [5.74, 6) is 3.18. The first kappa shape index (κ1) is 19.4. The fourth-order valence-corrected chi connectivity index (χ4v) is 10.7. The van der Waals surface area contributed by atoms with Gasteiger partial charge in [-0.2, -0.15) is 0 Å². The van der Waals surface area contributed by atoms with E-state index in [9.17, 15) is 9.90 Å². The fraction of sp³-hybridized carbons (Fsp3) is 0.864. The average molecular weight is 395 g/mol. The minimum Gasteiger partial charge on any atom is -0.392 e. The second kappa shape index (κ2) is 6.56. The molecule has 0 aromatic carbocycles. The molecule has 4 aliphatic carbocycles. The van der Waals surface area contributed by atoms with Gasteiger partial charge in [0.1, 0.15) is 0 Å². The van der Waals surface area contributed by atoms with Crippen molar-refractivity contribution in [1.82, 2.24) is 0 Å². The fourth-order valence-electron chi connectivity index (χ4n) is 7.17. The minimum atomic E-state index is -0.146. The van der Waals surface area contributed by atoms with Crippen molar-refractivity contribution in [3.05, 3.63) is 11.6 Å². The van der Waals surface area contributed by atoms with Crippen LogP contribution in [0, 0.1) is 28.6 Å². The van der Waals surface area contributed by atoms with Crippen LogP contribution in [-0.4, -0.2) is 27.5 Å². The van der Waals surface area contributed by atoms with Crippen LogP contribution in [0.1, 0.15) is 72.6 Å². The van der Waals surface area contributed by atoms with Gasteiger partial charge in [-0.05, 0) is 67.8 Å². The molecule has 0 spiro atoms. The molecule has 146 valence electrons. The Balaban J connectivity index is 1.79. The van der Waals surface area contributed by atoms with Crippen LogP contribution in [0.15, 0.2) is 11.6 Å². The summed E-state index contributed by atoms with van der Waals surface area (Å²) in [6.07, 6.45) is 9.39. The number of carbonyl (C=O) groups excluding carboxylic acids is 1. The molecule has 0 saturated heterocycles. The highest BCUT2D eigenvalue weighted by molar-refractivity contribution is 8.77. The zero-order valence-electron chi connectivity index (χ0n) is 16.7. The molecule has 0 bridgehead atoms. The van der Waals surface area contributed by atoms with Gasteiger partial charge in [0.2, 0.25) is 0 Å². The van der Waals surface area contributed by atoms with Gasteiger partial charge in [-0.15, -0.1) is 0 Å². The smallest absolute Gasteiger partial charge is 0.155 e. The highest BCUT2D eigenvalue weighted by Crippen LogP contribution is 2.72. The van der Waals surface area contributed by atoms with Gasteiger partial charge >= 0.3 is 0 Å². The summed E-state index contributed by atoms with van der Waals surface area (Å²) in [5, 5.41) is 11.0. The van der Waals surface area contributed by atoms with E-state index >= 15 is 0 Å². The number of carbonyl (C=O) groups is 1. The van der Waals surface area contributed by atoms with Gasteiger partial charge in [0.15, 0.2) is 5.78 Å². The van der Waals surface area contributed by atoms with Crippen molar-refractivity contribution < 1.29 is 9.90 Å². The van der Waals surface area contributed by atoms with Crippen LogP contribution in [0.4, 0.5) is 0 Å². The number of allylic oxidation sites excluding steroid dienone is 1. The van der Waals surface area contributed by atoms with Crippen molar-refractivity contribution in [3.8, 4) is 0 Å². The number of rotatable bonds is 3. The first-order chi connectivity index (χ1) is 12.3. The number of aliphatic hydroxyl groups excluding tert-OH is 1. The van der Waals surface area contributed by atoms with Gasteiger partial charge in [-0.3, -0.25) is 4.79 Å². The van der Waals surface area contributed by atoms with E-state index in [2.05, 4.69) is 38.5 Å². The van der Waals surface area contributed by atoms with Crippen molar-refractivity contribution in [2.75, 3.05) is 5.75 Å².